The van der Waals surface area contributed by atoms with Crippen LogP contribution in [0.3, 0.4) is 0 Å². The fourth-order valence-corrected chi connectivity index (χ4v) is 3.50. The summed E-state index contributed by atoms with van der Waals surface area (Å²) < 4.78 is 15.3. The van der Waals surface area contributed by atoms with Crippen molar-refractivity contribution in [3.05, 3.63) is 46.5 Å². The highest BCUT2D eigenvalue weighted by Gasteiger charge is 2.15. The molecular formula is C16H16FN7O2S2. The molecule has 0 saturated carbocycles. The van der Waals surface area contributed by atoms with Gasteiger partial charge in [0.25, 0.3) is 5.91 Å². The Balaban J connectivity index is 1.52. The van der Waals surface area contributed by atoms with Gasteiger partial charge < -0.3 is 9.88 Å². The summed E-state index contributed by atoms with van der Waals surface area (Å²) in [5, 5.41) is 22.7. The van der Waals surface area contributed by atoms with Crippen molar-refractivity contribution in [2.45, 2.75) is 18.6 Å². The molecule has 0 fully saturated rings. The molecule has 146 valence electrons. The topological polar surface area (TPSA) is 115 Å². The van der Waals surface area contributed by atoms with Crippen molar-refractivity contribution in [3.8, 4) is 0 Å². The summed E-state index contributed by atoms with van der Waals surface area (Å²) in [6.45, 7) is 1.88. The van der Waals surface area contributed by atoms with Gasteiger partial charge in [-0.05, 0) is 19.1 Å². The van der Waals surface area contributed by atoms with Gasteiger partial charge in [-0.25, -0.2) is 4.39 Å². The number of aryl methyl sites for hydroxylation is 1. The van der Waals surface area contributed by atoms with Crippen LogP contribution >= 0.6 is 23.1 Å². The molecule has 0 aliphatic heterocycles. The number of carbonyl (C=O) groups excluding carboxylic acids is 2. The molecule has 2 aromatic heterocycles. The molecule has 0 bridgehead atoms. The molecule has 0 aliphatic rings. The summed E-state index contributed by atoms with van der Waals surface area (Å²) >= 11 is 2.49. The highest BCUT2D eigenvalue weighted by Crippen LogP contribution is 2.18. The van der Waals surface area contributed by atoms with Gasteiger partial charge in [-0.3, -0.25) is 14.9 Å². The van der Waals surface area contributed by atoms with Crippen LogP contribution in [0.15, 0.2) is 29.4 Å². The van der Waals surface area contributed by atoms with Crippen LogP contribution in [0.5, 0.6) is 0 Å². The molecule has 0 atom stereocenters. The molecule has 3 aromatic rings. The van der Waals surface area contributed by atoms with E-state index in [0.29, 0.717) is 16.1 Å². The van der Waals surface area contributed by atoms with Gasteiger partial charge >= 0.3 is 0 Å². The molecule has 3 rings (SSSR count). The molecule has 2 heterocycles. The van der Waals surface area contributed by atoms with E-state index >= 15 is 0 Å². The lowest BCUT2D eigenvalue weighted by Crippen LogP contribution is -2.25. The highest BCUT2D eigenvalue weighted by molar-refractivity contribution is 7.99. The van der Waals surface area contributed by atoms with E-state index in [1.165, 1.54) is 41.3 Å². The number of amides is 2. The van der Waals surface area contributed by atoms with Crippen molar-refractivity contribution in [2.24, 2.45) is 7.05 Å². The van der Waals surface area contributed by atoms with Crippen LogP contribution in [-0.2, 0) is 18.4 Å². The van der Waals surface area contributed by atoms with E-state index in [0.717, 1.165) is 5.01 Å². The number of aromatic nitrogens is 5. The van der Waals surface area contributed by atoms with E-state index in [9.17, 15) is 14.0 Å². The average Bonchev–Trinajstić information content (AvgIpc) is 3.23. The maximum atomic E-state index is 13.6. The van der Waals surface area contributed by atoms with Crippen molar-refractivity contribution in [2.75, 3.05) is 11.1 Å². The second-order valence-corrected chi connectivity index (χ2v) is 7.71. The fourth-order valence-electron chi connectivity index (χ4n) is 2.16. The molecular weight excluding hydrogens is 405 g/mol. The number of halogens is 1. The number of benzene rings is 1. The largest absolute Gasteiger partial charge is 0.345 e. The van der Waals surface area contributed by atoms with Crippen LogP contribution in [0.4, 0.5) is 9.52 Å². The summed E-state index contributed by atoms with van der Waals surface area (Å²) in [6, 6.07) is 5.73. The number of carbonyl (C=O) groups is 2. The Morgan fingerprint density at radius 3 is 2.71 bits per heavy atom. The van der Waals surface area contributed by atoms with E-state index in [-0.39, 0.29) is 23.8 Å². The van der Waals surface area contributed by atoms with Gasteiger partial charge in [0.15, 0.2) is 11.0 Å². The maximum absolute atomic E-state index is 13.6. The first kappa shape index (κ1) is 19.9. The zero-order chi connectivity index (χ0) is 20.1. The lowest BCUT2D eigenvalue weighted by molar-refractivity contribution is -0.113. The van der Waals surface area contributed by atoms with Gasteiger partial charge in [0.05, 0.1) is 17.9 Å². The number of nitrogens with zero attached hydrogens (tertiary/aromatic N) is 5. The lowest BCUT2D eigenvalue weighted by atomic mass is 10.2. The number of rotatable bonds is 7. The third-order valence-corrected chi connectivity index (χ3v) is 5.33. The van der Waals surface area contributed by atoms with E-state index in [4.69, 9.17) is 0 Å². The number of thioether (sulfide) groups is 1. The molecule has 0 saturated heterocycles. The molecule has 9 nitrogen and oxygen atoms in total. The van der Waals surface area contributed by atoms with Crippen LogP contribution in [0.2, 0.25) is 0 Å². The predicted molar refractivity (Wildman–Crippen MR) is 103 cm³/mol. The second kappa shape index (κ2) is 8.89. The molecule has 0 unspecified atom stereocenters. The summed E-state index contributed by atoms with van der Waals surface area (Å²) in [5.41, 5.74) is -0.0390. The zero-order valence-electron chi connectivity index (χ0n) is 15.0. The van der Waals surface area contributed by atoms with Crippen LogP contribution in [0.1, 0.15) is 21.2 Å². The van der Waals surface area contributed by atoms with Crippen LogP contribution in [-0.4, -0.2) is 42.5 Å². The van der Waals surface area contributed by atoms with E-state index in [1.807, 2.05) is 0 Å². The summed E-state index contributed by atoms with van der Waals surface area (Å²) in [5.74, 6) is -0.773. The molecule has 2 N–H and O–H groups in total. The van der Waals surface area contributed by atoms with Crippen molar-refractivity contribution in [3.63, 3.8) is 0 Å². The minimum absolute atomic E-state index is 0.0390. The number of anilines is 1. The third kappa shape index (κ3) is 4.89. The van der Waals surface area contributed by atoms with Gasteiger partial charge in [-0.15, -0.1) is 20.4 Å². The lowest BCUT2D eigenvalue weighted by Gasteiger charge is -2.06. The van der Waals surface area contributed by atoms with Crippen molar-refractivity contribution in [1.29, 1.82) is 0 Å². The Morgan fingerprint density at radius 1 is 1.21 bits per heavy atom. The SMILES string of the molecule is Cc1nnc(NC(=O)CSc2nnc(CNC(=O)c3ccccc3F)n2C)s1. The van der Waals surface area contributed by atoms with Gasteiger partial charge in [-0.1, -0.05) is 35.2 Å². The van der Waals surface area contributed by atoms with Crippen LogP contribution in [0, 0.1) is 12.7 Å². The molecule has 12 heteroatoms. The molecule has 0 radical (unpaired) electrons. The van der Waals surface area contributed by atoms with E-state index in [2.05, 4.69) is 31.0 Å². The van der Waals surface area contributed by atoms with Crippen LogP contribution in [0.25, 0.3) is 0 Å². The van der Waals surface area contributed by atoms with Gasteiger partial charge in [-0.2, -0.15) is 0 Å². The van der Waals surface area contributed by atoms with Crippen molar-refractivity contribution >= 4 is 40.0 Å². The first-order valence-corrected chi connectivity index (χ1v) is 9.88. The predicted octanol–water partition coefficient (Wildman–Crippen LogP) is 1.77. The molecule has 1 aromatic carbocycles. The average molecular weight is 421 g/mol. The monoisotopic (exact) mass is 421 g/mol. The van der Waals surface area contributed by atoms with E-state index < -0.39 is 11.7 Å². The summed E-state index contributed by atoms with van der Waals surface area (Å²) in [7, 11) is 1.72. The van der Waals surface area contributed by atoms with Gasteiger partial charge in [0, 0.05) is 7.05 Å². The fraction of sp³-hybridized carbons (Fsp3) is 0.250. The Kier molecular flexibility index (Phi) is 6.31. The Hall–Kier alpha value is -2.86. The number of nitrogens with one attached hydrogen (secondary N) is 2. The van der Waals surface area contributed by atoms with E-state index in [1.54, 1.807) is 24.6 Å². The number of hydrogen-bond acceptors (Lipinski definition) is 8. The van der Waals surface area contributed by atoms with Gasteiger partial charge in [0.2, 0.25) is 11.0 Å². The molecule has 2 amide bonds. The minimum Gasteiger partial charge on any atom is -0.345 e. The van der Waals surface area contributed by atoms with Crippen molar-refractivity contribution in [1.82, 2.24) is 30.3 Å². The molecule has 0 aliphatic carbocycles. The first-order chi connectivity index (χ1) is 13.4. The standard InChI is InChI=1S/C16H16FN7O2S2/c1-9-20-22-15(28-9)19-13(25)8-27-16-23-21-12(24(16)2)7-18-14(26)10-5-3-4-6-11(10)17/h3-6H,7-8H2,1-2H3,(H,18,26)(H,19,22,25). The maximum Gasteiger partial charge on any atom is 0.254 e. The Bertz CT molecular complexity index is 1000. The Labute approximate surface area is 167 Å². The van der Waals surface area contributed by atoms with Crippen LogP contribution < -0.4 is 10.6 Å². The first-order valence-electron chi connectivity index (χ1n) is 8.08. The molecule has 28 heavy (non-hydrogen) atoms. The van der Waals surface area contributed by atoms with Crippen molar-refractivity contribution < 1.29 is 14.0 Å². The zero-order valence-corrected chi connectivity index (χ0v) is 16.6. The smallest absolute Gasteiger partial charge is 0.254 e. The Morgan fingerprint density at radius 2 is 2.00 bits per heavy atom. The highest BCUT2D eigenvalue weighted by atomic mass is 32.2. The van der Waals surface area contributed by atoms with Gasteiger partial charge in [0.1, 0.15) is 10.8 Å². The second-order valence-electron chi connectivity index (χ2n) is 5.58. The summed E-state index contributed by atoms with van der Waals surface area (Å²) in [4.78, 5) is 24.0. The third-order valence-electron chi connectivity index (χ3n) is 3.56. The quantitative estimate of drug-likeness (QED) is 0.559. The number of hydrogen-bond donors (Lipinski definition) is 2. The minimum atomic E-state index is -0.592. The normalized spacial score (nSPS) is 10.7. The summed E-state index contributed by atoms with van der Waals surface area (Å²) in [6.07, 6.45) is 0. The molecule has 0 spiro atoms.